The van der Waals surface area contributed by atoms with Crippen LogP contribution in [-0.2, 0) is 8.53 Å². The second-order valence-electron chi connectivity index (χ2n) is 8.03. The molecule has 0 aliphatic carbocycles. The highest BCUT2D eigenvalue weighted by atomic mass is 27.2. The Balaban J connectivity index is 2.10. The van der Waals surface area contributed by atoms with Crippen molar-refractivity contribution in [2.45, 2.75) is 127 Å². The van der Waals surface area contributed by atoms with Crippen LogP contribution in [0.3, 0.4) is 0 Å². The van der Waals surface area contributed by atoms with Crippen LogP contribution in [-0.4, -0.2) is 33.8 Å². The summed E-state index contributed by atoms with van der Waals surface area (Å²) in [6, 6.07) is 0. The maximum atomic E-state index is 6.42. The Bertz CT molecular complexity index is 251. The van der Waals surface area contributed by atoms with E-state index in [9.17, 15) is 0 Å². The van der Waals surface area contributed by atoms with E-state index in [1.165, 1.54) is 100 Å². The molecule has 25 heavy (non-hydrogen) atoms. The highest BCUT2D eigenvalue weighted by Gasteiger charge is 2.21. The molecule has 0 amide bonds. The van der Waals surface area contributed by atoms with Gasteiger partial charge in [0.15, 0.2) is 0 Å². The molecule has 1 atom stereocenters. The van der Waals surface area contributed by atoms with Crippen molar-refractivity contribution >= 4 is 14.5 Å². The Morgan fingerprint density at radius 2 is 1.36 bits per heavy atom. The second kappa shape index (κ2) is 17.8. The van der Waals surface area contributed by atoms with Gasteiger partial charge in [0.05, 0.1) is 6.10 Å². The maximum Gasteiger partial charge on any atom is 0.460 e. The molecule has 1 aliphatic heterocycles. The number of unbranched alkanes of at least 4 members (excludes halogenated alkanes) is 10. The van der Waals surface area contributed by atoms with E-state index >= 15 is 0 Å². The Kier molecular flexibility index (Phi) is 16.8. The van der Waals surface area contributed by atoms with E-state index < -0.39 is 14.5 Å². The number of ether oxygens (including phenoxy) is 1. The first-order chi connectivity index (χ1) is 12.4. The van der Waals surface area contributed by atoms with Gasteiger partial charge in [-0.3, -0.25) is 0 Å². The third-order valence-corrected chi connectivity index (χ3v) is 8.39. The summed E-state index contributed by atoms with van der Waals surface area (Å²) in [6.45, 7) is 6.53. The highest BCUT2D eigenvalue weighted by Crippen LogP contribution is 2.18. The fraction of sp³-hybridized carbons (Fsp3) is 1.00. The summed E-state index contributed by atoms with van der Waals surface area (Å²) in [7, 11) is 0. The molecule has 0 radical (unpaired) electrons. The zero-order valence-corrected chi connectivity index (χ0v) is 18.6. The van der Waals surface area contributed by atoms with E-state index in [0.29, 0.717) is 6.10 Å². The van der Waals surface area contributed by atoms with Gasteiger partial charge in [-0.05, 0) is 19.3 Å². The van der Waals surface area contributed by atoms with Gasteiger partial charge in [0.1, 0.15) is 0 Å². The van der Waals surface area contributed by atoms with Gasteiger partial charge >= 0.3 is 14.5 Å². The van der Waals surface area contributed by atoms with Gasteiger partial charge < -0.3 is 8.53 Å². The van der Waals surface area contributed by atoms with E-state index in [1.54, 1.807) is 0 Å². The quantitative estimate of drug-likeness (QED) is 0.187. The zero-order chi connectivity index (χ0) is 18.0. The second-order valence-corrected chi connectivity index (χ2v) is 10.8. The topological polar surface area (TPSA) is 18.5 Å². The number of hydrogen-bond donors (Lipinski definition) is 0. The minimum Gasteiger partial charge on any atom is -0.501 e. The summed E-state index contributed by atoms with van der Waals surface area (Å²) in [6.07, 6.45) is 21.1. The van der Waals surface area contributed by atoms with Gasteiger partial charge in [-0.1, -0.05) is 101 Å². The lowest BCUT2D eigenvalue weighted by Crippen LogP contribution is -2.21. The summed E-state index contributed by atoms with van der Waals surface area (Å²) in [5.41, 5.74) is 0. The molecule has 0 spiro atoms. The van der Waals surface area contributed by atoms with Crippen LogP contribution in [0.4, 0.5) is 0 Å². The van der Waals surface area contributed by atoms with E-state index in [4.69, 9.17) is 8.53 Å². The first kappa shape index (κ1) is 23.5. The largest absolute Gasteiger partial charge is 0.501 e. The molecule has 1 aliphatic rings. The van der Waals surface area contributed by atoms with Crippen LogP contribution >= 0.6 is 0 Å². The molecule has 0 aromatic carbocycles. The highest BCUT2D eigenvalue weighted by molar-refractivity contribution is 6.51. The lowest BCUT2D eigenvalue weighted by Gasteiger charge is -2.15. The Hall–Kier alpha value is 0.452. The standard InChI is InChI=1S/2C8H17.C6H11O2.Al/c2*1-3-5-7-8-6-4-2;7-4-3-6-2-1-5-8-6;/h2*1,3-8H2,2H3;6H,1-5H2;/q;;-1;+1. The Labute approximate surface area is 163 Å². The predicted molar refractivity (Wildman–Crippen MR) is 112 cm³/mol. The molecule has 1 fully saturated rings. The van der Waals surface area contributed by atoms with Crippen molar-refractivity contribution in [1.82, 2.24) is 0 Å². The summed E-state index contributed by atoms with van der Waals surface area (Å²) < 4.78 is 12.2. The third-order valence-electron chi connectivity index (χ3n) is 5.58. The predicted octanol–water partition coefficient (Wildman–Crippen LogP) is 7.28. The van der Waals surface area contributed by atoms with Crippen LogP contribution in [0.2, 0.25) is 10.6 Å². The van der Waals surface area contributed by atoms with E-state index in [2.05, 4.69) is 13.8 Å². The van der Waals surface area contributed by atoms with Crippen molar-refractivity contribution in [2.24, 2.45) is 0 Å². The number of rotatable bonds is 18. The van der Waals surface area contributed by atoms with Crippen LogP contribution in [0.1, 0.15) is 110 Å². The van der Waals surface area contributed by atoms with Gasteiger partial charge in [-0.2, -0.15) is 0 Å². The minimum atomic E-state index is -0.968. The molecule has 1 rings (SSSR count). The molecular weight excluding hydrogens is 323 g/mol. The van der Waals surface area contributed by atoms with Crippen molar-refractivity contribution in [2.75, 3.05) is 13.2 Å². The summed E-state index contributed by atoms with van der Waals surface area (Å²) in [5.74, 6) is 0. The van der Waals surface area contributed by atoms with Gasteiger partial charge in [-0.15, -0.1) is 0 Å². The molecule has 0 saturated carbocycles. The van der Waals surface area contributed by atoms with Crippen molar-refractivity contribution in [3.8, 4) is 0 Å². The van der Waals surface area contributed by atoms with Gasteiger partial charge in [0, 0.05) is 13.2 Å². The molecule has 3 heteroatoms. The zero-order valence-electron chi connectivity index (χ0n) is 17.4. The fourth-order valence-corrected chi connectivity index (χ4v) is 6.43. The lowest BCUT2D eigenvalue weighted by atomic mass is 10.1. The minimum absolute atomic E-state index is 0.498. The lowest BCUT2D eigenvalue weighted by molar-refractivity contribution is 0.0899. The maximum absolute atomic E-state index is 6.42. The molecule has 1 saturated heterocycles. The first-order valence-electron chi connectivity index (χ1n) is 11.6. The van der Waals surface area contributed by atoms with Crippen LogP contribution in [0.25, 0.3) is 0 Å². The average Bonchev–Trinajstić information content (AvgIpc) is 3.13. The third kappa shape index (κ3) is 14.2. The summed E-state index contributed by atoms with van der Waals surface area (Å²) in [5, 5.41) is 2.82. The fourth-order valence-electron chi connectivity index (χ4n) is 3.85. The molecule has 0 N–H and O–H groups in total. The average molecular weight is 369 g/mol. The van der Waals surface area contributed by atoms with Crippen molar-refractivity contribution < 1.29 is 8.53 Å². The molecule has 0 aromatic heterocycles. The van der Waals surface area contributed by atoms with Crippen LogP contribution in [0.15, 0.2) is 0 Å². The van der Waals surface area contributed by atoms with Crippen molar-refractivity contribution in [3.63, 3.8) is 0 Å². The van der Waals surface area contributed by atoms with E-state index in [0.717, 1.165) is 19.6 Å². The van der Waals surface area contributed by atoms with Crippen molar-refractivity contribution in [1.29, 1.82) is 0 Å². The molecule has 2 nitrogen and oxygen atoms in total. The van der Waals surface area contributed by atoms with Crippen LogP contribution < -0.4 is 0 Å². The van der Waals surface area contributed by atoms with E-state index in [1.807, 2.05) is 0 Å². The first-order valence-corrected chi connectivity index (χ1v) is 13.7. The van der Waals surface area contributed by atoms with Crippen LogP contribution in [0.5, 0.6) is 0 Å². The number of hydrogen-bond acceptors (Lipinski definition) is 2. The Morgan fingerprint density at radius 3 is 1.88 bits per heavy atom. The summed E-state index contributed by atoms with van der Waals surface area (Å²) >= 11 is -0.968. The smallest absolute Gasteiger partial charge is 0.460 e. The van der Waals surface area contributed by atoms with Crippen molar-refractivity contribution in [3.05, 3.63) is 0 Å². The molecule has 1 unspecified atom stereocenters. The molecule has 148 valence electrons. The molecule has 1 heterocycles. The van der Waals surface area contributed by atoms with Gasteiger partial charge in [0.2, 0.25) is 0 Å². The van der Waals surface area contributed by atoms with E-state index in [-0.39, 0.29) is 0 Å². The monoisotopic (exact) mass is 368 g/mol. The molecule has 0 aromatic rings. The summed E-state index contributed by atoms with van der Waals surface area (Å²) in [4.78, 5) is 0. The van der Waals surface area contributed by atoms with Gasteiger partial charge in [0.25, 0.3) is 0 Å². The Morgan fingerprint density at radius 1 is 0.800 bits per heavy atom. The van der Waals surface area contributed by atoms with Gasteiger partial charge in [-0.25, -0.2) is 0 Å². The van der Waals surface area contributed by atoms with Crippen LogP contribution in [0, 0.1) is 0 Å². The molecule has 0 bridgehead atoms. The normalized spacial score (nSPS) is 17.3. The molecular formula is C22H45AlO2. The SMILES string of the molecule is CCCCCCC[CH2][Al]([CH2]CCCCCCC)[O]CCC1CCCO1.